The molecule has 0 unspecified atom stereocenters. The summed E-state index contributed by atoms with van der Waals surface area (Å²) in [5, 5.41) is 0. The Morgan fingerprint density at radius 2 is 1.42 bits per heavy atom. The minimum Gasteiger partial charge on any atom is -0.323 e. The molecule has 0 atom stereocenters. The maximum absolute atomic E-state index is 13.2. The molecule has 0 spiro atoms. The second kappa shape index (κ2) is 8.28. The molecule has 0 bridgehead atoms. The fourth-order valence-corrected chi connectivity index (χ4v) is 4.22. The largest absolute Gasteiger partial charge is 0.323 e. The highest BCUT2D eigenvalue weighted by Crippen LogP contribution is 2.27. The molecule has 5 rings (SSSR count). The van der Waals surface area contributed by atoms with Crippen LogP contribution in [0.1, 0.15) is 31.9 Å². The van der Waals surface area contributed by atoms with Gasteiger partial charge in [-0.1, -0.05) is 87.5 Å². The highest BCUT2D eigenvalue weighted by molar-refractivity contribution is 5.86. The minimum atomic E-state index is -0.103. The Kier molecular flexibility index (Phi) is 5.29. The van der Waals surface area contributed by atoms with Crippen molar-refractivity contribution >= 4 is 22.2 Å². The van der Waals surface area contributed by atoms with E-state index in [1.54, 1.807) is 6.07 Å². The SMILES string of the molecule is CC(C)(C)c1ccc(-c2cc(=O)c3nc4ccccc4nc3n2CCc2ccccc2)cc1. The third-order valence-corrected chi connectivity index (χ3v) is 6.11. The Balaban J connectivity index is 1.71. The molecule has 0 radical (unpaired) electrons. The van der Waals surface area contributed by atoms with E-state index in [1.807, 2.05) is 30.3 Å². The zero-order valence-electron chi connectivity index (χ0n) is 19.2. The second-order valence-electron chi connectivity index (χ2n) is 9.49. The zero-order chi connectivity index (χ0) is 23.0. The van der Waals surface area contributed by atoms with E-state index in [-0.39, 0.29) is 10.8 Å². The van der Waals surface area contributed by atoms with Crippen molar-refractivity contribution in [3.05, 3.63) is 106 Å². The first-order valence-corrected chi connectivity index (χ1v) is 11.4. The first kappa shape index (κ1) is 21.1. The van der Waals surface area contributed by atoms with Gasteiger partial charge in [-0.2, -0.15) is 0 Å². The summed E-state index contributed by atoms with van der Waals surface area (Å²) in [6, 6.07) is 28.3. The number of fused-ring (bicyclic) bond motifs is 2. The van der Waals surface area contributed by atoms with Gasteiger partial charge in [0.1, 0.15) is 0 Å². The molecule has 0 saturated carbocycles. The lowest BCUT2D eigenvalue weighted by Gasteiger charge is -2.20. The van der Waals surface area contributed by atoms with Gasteiger partial charge in [-0.25, -0.2) is 9.97 Å². The van der Waals surface area contributed by atoms with Crippen LogP contribution in [0.5, 0.6) is 0 Å². The average molecular weight is 434 g/mol. The summed E-state index contributed by atoms with van der Waals surface area (Å²) in [5.41, 5.74) is 6.91. The van der Waals surface area contributed by atoms with Crippen molar-refractivity contribution in [2.24, 2.45) is 0 Å². The van der Waals surface area contributed by atoms with Gasteiger partial charge in [0, 0.05) is 12.6 Å². The molecule has 0 aliphatic heterocycles. The number of hydrogen-bond acceptors (Lipinski definition) is 3. The standard InChI is InChI=1S/C29H27N3O/c1-29(2,3)22-15-13-21(14-16-22)25-19-26(33)27-28(31-24-12-8-7-11-23(24)30-27)32(25)18-17-20-9-5-4-6-10-20/h4-16,19H,17-18H2,1-3H3. The summed E-state index contributed by atoms with van der Waals surface area (Å²) in [4.78, 5) is 22.7. The fraction of sp³-hybridized carbons (Fsp3) is 0.207. The summed E-state index contributed by atoms with van der Waals surface area (Å²) in [7, 11) is 0. The van der Waals surface area contributed by atoms with Gasteiger partial charge in [0.2, 0.25) is 5.43 Å². The van der Waals surface area contributed by atoms with Crippen LogP contribution < -0.4 is 5.43 Å². The van der Waals surface area contributed by atoms with Crippen LogP contribution in [-0.4, -0.2) is 14.5 Å². The Hall–Kier alpha value is -3.79. The Bertz CT molecular complexity index is 1490. The molecule has 0 aliphatic rings. The van der Waals surface area contributed by atoms with E-state index >= 15 is 0 Å². The lowest BCUT2D eigenvalue weighted by atomic mass is 9.86. The Morgan fingerprint density at radius 3 is 2.09 bits per heavy atom. The van der Waals surface area contributed by atoms with Crippen LogP contribution in [0.15, 0.2) is 89.7 Å². The molecule has 5 aromatic rings. The van der Waals surface area contributed by atoms with Crippen molar-refractivity contribution in [2.45, 2.75) is 39.2 Å². The van der Waals surface area contributed by atoms with Crippen LogP contribution in [0, 0.1) is 0 Å². The van der Waals surface area contributed by atoms with E-state index < -0.39 is 0 Å². The topological polar surface area (TPSA) is 47.8 Å². The molecule has 4 heteroatoms. The minimum absolute atomic E-state index is 0.0687. The molecule has 4 nitrogen and oxygen atoms in total. The van der Waals surface area contributed by atoms with E-state index in [0.29, 0.717) is 17.7 Å². The number of aryl methyl sites for hydroxylation is 2. The van der Waals surface area contributed by atoms with Crippen LogP contribution in [0.25, 0.3) is 33.5 Å². The summed E-state index contributed by atoms with van der Waals surface area (Å²) in [6.07, 6.45) is 0.834. The third kappa shape index (κ3) is 4.17. The molecular formula is C29H27N3O. The lowest BCUT2D eigenvalue weighted by molar-refractivity contribution is 0.590. The number of nitrogens with zero attached hydrogens (tertiary/aromatic N) is 3. The number of pyridine rings is 1. The number of para-hydroxylation sites is 2. The molecule has 0 fully saturated rings. The normalized spacial score (nSPS) is 11.8. The van der Waals surface area contributed by atoms with Crippen molar-refractivity contribution < 1.29 is 0 Å². The van der Waals surface area contributed by atoms with E-state index in [9.17, 15) is 4.79 Å². The van der Waals surface area contributed by atoms with Crippen molar-refractivity contribution in [3.8, 4) is 11.3 Å². The predicted molar refractivity (Wildman–Crippen MR) is 136 cm³/mol. The highest BCUT2D eigenvalue weighted by Gasteiger charge is 2.17. The third-order valence-electron chi connectivity index (χ3n) is 6.11. The zero-order valence-corrected chi connectivity index (χ0v) is 19.2. The molecule has 0 aliphatic carbocycles. The van der Waals surface area contributed by atoms with Gasteiger partial charge in [0.15, 0.2) is 11.2 Å². The van der Waals surface area contributed by atoms with Gasteiger partial charge in [-0.3, -0.25) is 4.79 Å². The van der Waals surface area contributed by atoms with Crippen LogP contribution >= 0.6 is 0 Å². The molecule has 0 N–H and O–H groups in total. The molecular weight excluding hydrogens is 406 g/mol. The van der Waals surface area contributed by atoms with Gasteiger partial charge >= 0.3 is 0 Å². The van der Waals surface area contributed by atoms with E-state index in [1.165, 1.54) is 11.1 Å². The van der Waals surface area contributed by atoms with Crippen molar-refractivity contribution in [1.29, 1.82) is 0 Å². The molecule has 164 valence electrons. The first-order chi connectivity index (χ1) is 15.9. The first-order valence-electron chi connectivity index (χ1n) is 11.4. The van der Waals surface area contributed by atoms with Crippen molar-refractivity contribution in [3.63, 3.8) is 0 Å². The van der Waals surface area contributed by atoms with E-state index in [2.05, 4.69) is 78.9 Å². The number of hydrogen-bond donors (Lipinski definition) is 0. The van der Waals surface area contributed by atoms with Crippen molar-refractivity contribution in [2.75, 3.05) is 0 Å². The lowest BCUT2D eigenvalue weighted by Crippen LogP contribution is -2.16. The molecule has 2 heterocycles. The number of rotatable bonds is 4. The molecule has 33 heavy (non-hydrogen) atoms. The van der Waals surface area contributed by atoms with Gasteiger partial charge in [0.25, 0.3) is 0 Å². The number of aromatic nitrogens is 3. The van der Waals surface area contributed by atoms with Gasteiger partial charge in [0.05, 0.1) is 16.7 Å². The van der Waals surface area contributed by atoms with Crippen molar-refractivity contribution in [1.82, 2.24) is 14.5 Å². The number of benzene rings is 3. The van der Waals surface area contributed by atoms with Gasteiger partial charge in [-0.05, 0) is 40.7 Å². The maximum atomic E-state index is 13.2. The van der Waals surface area contributed by atoms with Crippen LogP contribution in [0.4, 0.5) is 0 Å². The summed E-state index contributed by atoms with van der Waals surface area (Å²) in [6.45, 7) is 7.31. The Morgan fingerprint density at radius 1 is 0.788 bits per heavy atom. The van der Waals surface area contributed by atoms with Crippen LogP contribution in [0.2, 0.25) is 0 Å². The van der Waals surface area contributed by atoms with Gasteiger partial charge in [-0.15, -0.1) is 0 Å². The molecule has 0 amide bonds. The molecule has 3 aromatic carbocycles. The van der Waals surface area contributed by atoms with Gasteiger partial charge < -0.3 is 4.57 Å². The Labute approximate surface area is 193 Å². The van der Waals surface area contributed by atoms with Crippen LogP contribution in [0.3, 0.4) is 0 Å². The summed E-state index contributed by atoms with van der Waals surface area (Å²) >= 11 is 0. The molecule has 2 aromatic heterocycles. The maximum Gasteiger partial charge on any atom is 0.210 e. The summed E-state index contributed by atoms with van der Waals surface area (Å²) in [5.74, 6) is 0. The second-order valence-corrected chi connectivity index (χ2v) is 9.49. The fourth-order valence-electron chi connectivity index (χ4n) is 4.22. The quantitative estimate of drug-likeness (QED) is 0.319. The highest BCUT2D eigenvalue weighted by atomic mass is 16.1. The van der Waals surface area contributed by atoms with E-state index in [4.69, 9.17) is 4.98 Å². The summed E-state index contributed by atoms with van der Waals surface area (Å²) < 4.78 is 2.15. The monoisotopic (exact) mass is 433 g/mol. The predicted octanol–water partition coefficient (Wildman–Crippen LogP) is 6.15. The van der Waals surface area contributed by atoms with E-state index in [0.717, 1.165) is 28.7 Å². The molecule has 0 saturated heterocycles. The average Bonchev–Trinajstić information content (AvgIpc) is 2.82. The smallest absolute Gasteiger partial charge is 0.210 e. The van der Waals surface area contributed by atoms with Crippen LogP contribution in [-0.2, 0) is 18.4 Å².